The molecule has 20 heavy (non-hydrogen) atoms. The van der Waals surface area contributed by atoms with Crippen molar-refractivity contribution < 1.29 is 9.59 Å². The van der Waals surface area contributed by atoms with Crippen molar-refractivity contribution in [3.05, 3.63) is 29.8 Å². The van der Waals surface area contributed by atoms with Gasteiger partial charge >= 0.3 is 0 Å². The molecule has 0 aliphatic heterocycles. The van der Waals surface area contributed by atoms with E-state index in [1.165, 1.54) is 0 Å². The van der Waals surface area contributed by atoms with E-state index >= 15 is 0 Å². The van der Waals surface area contributed by atoms with Crippen LogP contribution in [-0.2, 0) is 4.79 Å². The van der Waals surface area contributed by atoms with Gasteiger partial charge in [0.25, 0.3) is 0 Å². The van der Waals surface area contributed by atoms with Crippen molar-refractivity contribution in [1.82, 2.24) is 0 Å². The van der Waals surface area contributed by atoms with Crippen LogP contribution in [0.5, 0.6) is 0 Å². The quantitative estimate of drug-likeness (QED) is 0.748. The van der Waals surface area contributed by atoms with Crippen molar-refractivity contribution in [1.29, 1.82) is 0 Å². The Morgan fingerprint density at radius 1 is 1.25 bits per heavy atom. The largest absolute Gasteiger partial charge is 0.366 e. The summed E-state index contributed by atoms with van der Waals surface area (Å²) >= 11 is 0. The summed E-state index contributed by atoms with van der Waals surface area (Å²) in [7, 11) is 0. The monoisotopic (exact) mass is 299 g/mol. The van der Waals surface area contributed by atoms with Crippen LogP contribution in [0.15, 0.2) is 24.3 Å². The number of primary amides is 1. The van der Waals surface area contributed by atoms with Crippen LogP contribution in [0.4, 0.5) is 5.69 Å². The van der Waals surface area contributed by atoms with Crippen LogP contribution < -0.4 is 16.8 Å². The predicted molar refractivity (Wildman–Crippen MR) is 82.9 cm³/mol. The Hall–Kier alpha value is -1.59. The lowest BCUT2D eigenvalue weighted by Crippen LogP contribution is -2.41. The number of hydrogen-bond acceptors (Lipinski definition) is 3. The third kappa shape index (κ3) is 3.95. The number of carbonyl (C=O) groups excluding carboxylic acids is 2. The number of halogens is 1. The minimum atomic E-state index is -0.567. The smallest absolute Gasteiger partial charge is 0.248 e. The van der Waals surface area contributed by atoms with E-state index < -0.39 is 11.3 Å². The second-order valence-corrected chi connectivity index (χ2v) is 4.59. The highest BCUT2D eigenvalue weighted by Crippen LogP contribution is 2.27. The van der Waals surface area contributed by atoms with Crippen molar-refractivity contribution in [2.45, 2.75) is 26.7 Å². The lowest BCUT2D eigenvalue weighted by molar-refractivity contribution is -0.125. The van der Waals surface area contributed by atoms with Crippen molar-refractivity contribution >= 4 is 29.9 Å². The Labute approximate surface area is 125 Å². The fourth-order valence-electron chi connectivity index (χ4n) is 1.97. The summed E-state index contributed by atoms with van der Waals surface area (Å²) < 4.78 is 0. The molecular weight excluding hydrogens is 278 g/mol. The molecule has 5 N–H and O–H groups in total. The molecule has 1 rings (SSSR count). The lowest BCUT2D eigenvalue weighted by Gasteiger charge is -2.28. The van der Waals surface area contributed by atoms with Gasteiger partial charge in [-0.05, 0) is 31.0 Å². The molecule has 0 heterocycles. The lowest BCUT2D eigenvalue weighted by atomic mass is 9.81. The molecule has 1 aromatic rings. The fraction of sp³-hybridized carbons (Fsp3) is 0.429. The average Bonchev–Trinajstić information content (AvgIpc) is 2.41. The van der Waals surface area contributed by atoms with Gasteiger partial charge in [-0.2, -0.15) is 0 Å². The number of hydrogen-bond donors (Lipinski definition) is 3. The highest BCUT2D eigenvalue weighted by molar-refractivity contribution is 5.98. The maximum absolute atomic E-state index is 12.3. The minimum Gasteiger partial charge on any atom is -0.366 e. The molecule has 5 nitrogen and oxygen atoms in total. The molecule has 2 amide bonds. The number of amides is 2. The number of nitrogens with two attached hydrogens (primary N) is 2. The number of carbonyl (C=O) groups is 2. The van der Waals surface area contributed by atoms with Gasteiger partial charge in [0, 0.05) is 17.8 Å². The summed E-state index contributed by atoms with van der Waals surface area (Å²) in [5.74, 6) is -0.645. The number of rotatable bonds is 6. The second kappa shape index (κ2) is 7.87. The second-order valence-electron chi connectivity index (χ2n) is 4.59. The summed E-state index contributed by atoms with van der Waals surface area (Å²) in [6.07, 6.45) is 1.34. The summed E-state index contributed by atoms with van der Waals surface area (Å²) in [6, 6.07) is 6.56. The molecule has 0 fully saturated rings. The van der Waals surface area contributed by atoms with Gasteiger partial charge in [-0.25, -0.2) is 0 Å². The third-order valence-corrected chi connectivity index (χ3v) is 3.63. The Morgan fingerprint density at radius 2 is 1.85 bits per heavy atom. The van der Waals surface area contributed by atoms with Crippen LogP contribution in [0.25, 0.3) is 0 Å². The molecule has 6 heteroatoms. The molecule has 0 unspecified atom stereocenters. The molecule has 1 aromatic carbocycles. The molecule has 0 aliphatic carbocycles. The summed E-state index contributed by atoms with van der Waals surface area (Å²) in [4.78, 5) is 23.4. The first-order valence-electron chi connectivity index (χ1n) is 6.40. The van der Waals surface area contributed by atoms with Gasteiger partial charge in [0.05, 0.1) is 5.41 Å². The summed E-state index contributed by atoms with van der Waals surface area (Å²) in [5, 5.41) is 2.80. The number of anilines is 1. The van der Waals surface area contributed by atoms with E-state index in [2.05, 4.69) is 5.32 Å². The van der Waals surface area contributed by atoms with Crippen LogP contribution in [0, 0.1) is 5.41 Å². The van der Waals surface area contributed by atoms with Gasteiger partial charge in [0.15, 0.2) is 0 Å². The molecule has 112 valence electrons. The van der Waals surface area contributed by atoms with Crippen molar-refractivity contribution in [3.8, 4) is 0 Å². The first kappa shape index (κ1) is 18.4. The van der Waals surface area contributed by atoms with E-state index in [4.69, 9.17) is 11.5 Å². The summed E-state index contributed by atoms with van der Waals surface area (Å²) in [5.41, 5.74) is 11.3. The topological polar surface area (TPSA) is 98.2 Å². The van der Waals surface area contributed by atoms with Gasteiger partial charge < -0.3 is 16.8 Å². The van der Waals surface area contributed by atoms with E-state index in [0.717, 1.165) is 0 Å². The first-order valence-corrected chi connectivity index (χ1v) is 6.40. The van der Waals surface area contributed by atoms with Crippen LogP contribution in [0.1, 0.15) is 37.0 Å². The van der Waals surface area contributed by atoms with Gasteiger partial charge in [-0.15, -0.1) is 12.4 Å². The minimum absolute atomic E-state index is 0. The molecule has 0 bridgehead atoms. The van der Waals surface area contributed by atoms with Crippen molar-refractivity contribution in [2.24, 2.45) is 16.9 Å². The van der Waals surface area contributed by atoms with Crippen molar-refractivity contribution in [3.63, 3.8) is 0 Å². The molecular formula is C14H22ClN3O2. The Kier molecular flexibility index (Phi) is 7.24. The first-order chi connectivity index (χ1) is 8.99. The van der Waals surface area contributed by atoms with Crippen LogP contribution in [0.2, 0.25) is 0 Å². The van der Waals surface area contributed by atoms with E-state index in [1.54, 1.807) is 24.3 Å². The maximum Gasteiger partial charge on any atom is 0.248 e. The molecule has 0 saturated heterocycles. The number of benzene rings is 1. The molecule has 0 atom stereocenters. The van der Waals surface area contributed by atoms with E-state index in [0.29, 0.717) is 30.6 Å². The highest BCUT2D eigenvalue weighted by Gasteiger charge is 2.33. The Bertz CT molecular complexity index is 465. The van der Waals surface area contributed by atoms with Gasteiger partial charge in [-0.3, -0.25) is 9.59 Å². The zero-order chi connectivity index (χ0) is 14.5. The van der Waals surface area contributed by atoms with Crippen LogP contribution in [-0.4, -0.2) is 18.4 Å². The molecule has 0 saturated carbocycles. The fourth-order valence-corrected chi connectivity index (χ4v) is 1.97. The van der Waals surface area contributed by atoms with Crippen LogP contribution in [0.3, 0.4) is 0 Å². The average molecular weight is 300 g/mol. The molecule has 0 aliphatic rings. The zero-order valence-corrected chi connectivity index (χ0v) is 12.6. The number of nitrogens with one attached hydrogen (secondary N) is 1. The van der Waals surface area contributed by atoms with Gasteiger partial charge in [-0.1, -0.05) is 19.9 Å². The SMILES string of the molecule is CCC(CC)(CN)C(=O)Nc1cccc(C(N)=O)c1.Cl. The summed E-state index contributed by atoms with van der Waals surface area (Å²) in [6.45, 7) is 4.17. The van der Waals surface area contributed by atoms with Gasteiger partial charge in [0.1, 0.15) is 0 Å². The standard InChI is InChI=1S/C14H21N3O2.ClH/c1-3-14(4-2,9-15)13(19)17-11-7-5-6-10(8-11)12(16)18;/h5-8H,3-4,9,15H2,1-2H3,(H2,16,18)(H,17,19);1H. The Balaban J connectivity index is 0.00000361. The Morgan fingerprint density at radius 3 is 2.30 bits per heavy atom. The molecule has 0 radical (unpaired) electrons. The van der Waals surface area contributed by atoms with E-state index in [-0.39, 0.29) is 18.3 Å². The predicted octanol–water partition coefficient (Wildman–Crippen LogP) is 1.91. The van der Waals surface area contributed by atoms with Crippen molar-refractivity contribution in [2.75, 3.05) is 11.9 Å². The van der Waals surface area contributed by atoms with E-state index in [1.807, 2.05) is 13.8 Å². The molecule has 0 spiro atoms. The zero-order valence-electron chi connectivity index (χ0n) is 11.8. The molecule has 0 aromatic heterocycles. The van der Waals surface area contributed by atoms with Gasteiger partial charge in [0.2, 0.25) is 11.8 Å². The third-order valence-electron chi connectivity index (χ3n) is 3.63. The van der Waals surface area contributed by atoms with Crippen LogP contribution >= 0.6 is 12.4 Å². The normalized spacial score (nSPS) is 10.6. The maximum atomic E-state index is 12.3. The highest BCUT2D eigenvalue weighted by atomic mass is 35.5. The van der Waals surface area contributed by atoms with E-state index in [9.17, 15) is 9.59 Å².